The summed E-state index contributed by atoms with van der Waals surface area (Å²) in [5.41, 5.74) is -1.80. The minimum Gasteiger partial charge on any atom is -0.477 e. The van der Waals surface area contributed by atoms with Crippen molar-refractivity contribution in [2.45, 2.75) is 65.6 Å². The zero-order chi connectivity index (χ0) is 23.6. The van der Waals surface area contributed by atoms with Crippen molar-refractivity contribution in [3.63, 3.8) is 0 Å². The van der Waals surface area contributed by atoms with Crippen LogP contribution in [0.2, 0.25) is 0 Å². The normalized spacial score (nSPS) is 12.6. The Labute approximate surface area is 180 Å². The molecule has 0 unspecified atom stereocenters. The topological polar surface area (TPSA) is 137 Å². The lowest BCUT2D eigenvalue weighted by Gasteiger charge is -2.31. The molecule has 1 aromatic rings. The van der Waals surface area contributed by atoms with Crippen molar-refractivity contribution in [3.8, 4) is 11.5 Å². The first-order chi connectivity index (χ1) is 14.6. The highest BCUT2D eigenvalue weighted by atomic mass is 16.7. The zero-order valence-electron chi connectivity index (χ0n) is 18.4. The molecule has 0 aliphatic heterocycles. The third kappa shape index (κ3) is 7.89. The minimum absolute atomic E-state index is 0.00478. The van der Waals surface area contributed by atoms with Crippen molar-refractivity contribution in [3.05, 3.63) is 23.8 Å². The Morgan fingerprint density at radius 3 is 2.06 bits per heavy atom. The molecule has 0 aliphatic carbocycles. The molecule has 0 bridgehead atoms. The van der Waals surface area contributed by atoms with E-state index in [0.717, 1.165) is 0 Å². The molecule has 172 valence electrons. The number of aliphatic carboxylic acids is 1. The van der Waals surface area contributed by atoms with Gasteiger partial charge in [0, 0.05) is 25.3 Å². The summed E-state index contributed by atoms with van der Waals surface area (Å²) in [7, 11) is 0. The standard InChI is InChI=1S/C21H29NO9/c1-6-17(23)29-15-10-9-14(11-16(15)30-18(24)7-2)12-21(19(25)26,22-13(4)5)31-20(27)28-8-3/h9-11,13,22H,6-8,12H2,1-5H3,(H,25,26)/t21-/m0/s1. The maximum absolute atomic E-state index is 12.1. The van der Waals surface area contributed by atoms with Crippen LogP contribution < -0.4 is 14.8 Å². The second kappa shape index (κ2) is 11.9. The van der Waals surface area contributed by atoms with Crippen molar-refractivity contribution in [2.24, 2.45) is 0 Å². The molecule has 31 heavy (non-hydrogen) atoms. The predicted octanol–water partition coefficient (Wildman–Crippen LogP) is 2.81. The molecule has 0 fully saturated rings. The lowest BCUT2D eigenvalue weighted by Crippen LogP contribution is -2.59. The Balaban J connectivity index is 3.37. The Bertz CT molecular complexity index is 806. The highest BCUT2D eigenvalue weighted by Crippen LogP contribution is 2.31. The maximum Gasteiger partial charge on any atom is 0.510 e. The molecule has 1 rings (SSSR count). The van der Waals surface area contributed by atoms with E-state index in [0.29, 0.717) is 5.56 Å². The number of hydrogen-bond acceptors (Lipinski definition) is 9. The van der Waals surface area contributed by atoms with Crippen LogP contribution in [0.5, 0.6) is 11.5 Å². The van der Waals surface area contributed by atoms with E-state index in [1.165, 1.54) is 18.2 Å². The van der Waals surface area contributed by atoms with Gasteiger partial charge in [-0.15, -0.1) is 0 Å². The summed E-state index contributed by atoms with van der Waals surface area (Å²) in [6.45, 7) is 8.15. The van der Waals surface area contributed by atoms with E-state index in [1.807, 2.05) is 0 Å². The van der Waals surface area contributed by atoms with Gasteiger partial charge in [-0.3, -0.25) is 14.9 Å². The lowest BCUT2D eigenvalue weighted by atomic mass is 10.0. The number of hydrogen-bond donors (Lipinski definition) is 2. The van der Waals surface area contributed by atoms with Gasteiger partial charge in [0.1, 0.15) is 0 Å². The number of ether oxygens (including phenoxy) is 4. The number of carboxylic acids is 1. The first-order valence-corrected chi connectivity index (χ1v) is 9.97. The van der Waals surface area contributed by atoms with Crippen molar-refractivity contribution in [1.29, 1.82) is 0 Å². The van der Waals surface area contributed by atoms with E-state index in [4.69, 9.17) is 18.9 Å². The Morgan fingerprint density at radius 2 is 1.58 bits per heavy atom. The van der Waals surface area contributed by atoms with Crippen molar-refractivity contribution >= 4 is 24.1 Å². The third-order valence-electron chi connectivity index (χ3n) is 3.87. The molecule has 10 heteroatoms. The fourth-order valence-electron chi connectivity index (χ4n) is 2.56. The van der Waals surface area contributed by atoms with Gasteiger partial charge in [-0.2, -0.15) is 0 Å². The lowest BCUT2D eigenvalue weighted by molar-refractivity contribution is -0.166. The SMILES string of the molecule is CCOC(=O)O[C@](Cc1ccc(OC(=O)CC)c(OC(=O)CC)c1)(NC(C)C)C(=O)O. The van der Waals surface area contributed by atoms with Crippen molar-refractivity contribution < 1.29 is 43.2 Å². The van der Waals surface area contributed by atoms with Gasteiger partial charge < -0.3 is 24.1 Å². The summed E-state index contributed by atoms with van der Waals surface area (Å²) >= 11 is 0. The maximum atomic E-state index is 12.1. The molecule has 2 N–H and O–H groups in total. The van der Waals surface area contributed by atoms with E-state index < -0.39 is 29.8 Å². The number of rotatable bonds is 11. The van der Waals surface area contributed by atoms with Gasteiger partial charge in [0.15, 0.2) is 11.5 Å². The highest BCUT2D eigenvalue weighted by Gasteiger charge is 2.44. The summed E-state index contributed by atoms with van der Waals surface area (Å²) in [4.78, 5) is 47.5. The number of esters is 2. The number of carboxylic acid groups (broad SMARTS) is 1. The van der Waals surface area contributed by atoms with Crippen LogP contribution >= 0.6 is 0 Å². The van der Waals surface area contributed by atoms with Gasteiger partial charge in [0.2, 0.25) is 0 Å². The first kappa shape index (κ1) is 25.9. The Kier molecular flexibility index (Phi) is 9.94. The fraction of sp³-hybridized carbons (Fsp3) is 0.524. The molecule has 1 aromatic carbocycles. The third-order valence-corrected chi connectivity index (χ3v) is 3.87. The van der Waals surface area contributed by atoms with Crippen LogP contribution in [0.3, 0.4) is 0 Å². The molecule has 0 saturated heterocycles. The van der Waals surface area contributed by atoms with E-state index in [1.54, 1.807) is 34.6 Å². The molecule has 0 aromatic heterocycles. The van der Waals surface area contributed by atoms with Crippen LogP contribution in [0, 0.1) is 0 Å². The Hall–Kier alpha value is -3.14. The molecule has 0 heterocycles. The van der Waals surface area contributed by atoms with Crippen LogP contribution in [0.4, 0.5) is 4.79 Å². The predicted molar refractivity (Wildman–Crippen MR) is 109 cm³/mol. The Morgan fingerprint density at radius 1 is 1.00 bits per heavy atom. The van der Waals surface area contributed by atoms with Gasteiger partial charge in [0.05, 0.1) is 6.61 Å². The molecule has 10 nitrogen and oxygen atoms in total. The van der Waals surface area contributed by atoms with Gasteiger partial charge in [-0.1, -0.05) is 19.9 Å². The van der Waals surface area contributed by atoms with Crippen LogP contribution in [-0.2, 0) is 30.3 Å². The average molecular weight is 439 g/mol. The highest BCUT2D eigenvalue weighted by molar-refractivity contribution is 5.81. The summed E-state index contributed by atoms with van der Waals surface area (Å²) in [5, 5.41) is 12.6. The summed E-state index contributed by atoms with van der Waals surface area (Å²) in [6, 6.07) is 3.86. The van der Waals surface area contributed by atoms with Gasteiger partial charge >= 0.3 is 24.1 Å². The van der Waals surface area contributed by atoms with Crippen molar-refractivity contribution in [2.75, 3.05) is 6.61 Å². The quantitative estimate of drug-likeness (QED) is 0.301. The minimum atomic E-state index is -2.14. The number of nitrogens with one attached hydrogen (secondary N) is 1. The summed E-state index contributed by atoms with van der Waals surface area (Å²) in [6.07, 6.45) is -1.29. The van der Waals surface area contributed by atoms with Gasteiger partial charge in [-0.05, 0) is 38.5 Å². The average Bonchev–Trinajstić information content (AvgIpc) is 2.69. The van der Waals surface area contributed by atoms with E-state index in [-0.39, 0.29) is 43.4 Å². The van der Waals surface area contributed by atoms with Crippen LogP contribution in [0.1, 0.15) is 53.0 Å². The monoisotopic (exact) mass is 439 g/mol. The van der Waals surface area contributed by atoms with Crippen LogP contribution in [0.25, 0.3) is 0 Å². The number of carbonyl (C=O) groups is 4. The van der Waals surface area contributed by atoms with E-state index in [2.05, 4.69) is 5.32 Å². The second-order valence-corrected chi connectivity index (χ2v) is 6.83. The van der Waals surface area contributed by atoms with Crippen molar-refractivity contribution in [1.82, 2.24) is 5.32 Å². The van der Waals surface area contributed by atoms with Crippen LogP contribution in [-0.4, -0.2) is 47.5 Å². The van der Waals surface area contributed by atoms with E-state index >= 15 is 0 Å². The summed E-state index contributed by atoms with van der Waals surface area (Å²) < 4.78 is 20.3. The summed E-state index contributed by atoms with van der Waals surface area (Å²) in [5.74, 6) is -2.58. The second-order valence-electron chi connectivity index (χ2n) is 6.83. The largest absolute Gasteiger partial charge is 0.510 e. The molecule has 0 aliphatic rings. The zero-order valence-corrected chi connectivity index (χ0v) is 18.4. The number of benzene rings is 1. The van der Waals surface area contributed by atoms with Gasteiger partial charge in [-0.25, -0.2) is 9.59 Å². The van der Waals surface area contributed by atoms with Crippen LogP contribution in [0.15, 0.2) is 18.2 Å². The molecule has 1 atom stereocenters. The van der Waals surface area contributed by atoms with Gasteiger partial charge in [0.25, 0.3) is 5.72 Å². The molecular weight excluding hydrogens is 410 g/mol. The molecule has 0 radical (unpaired) electrons. The molecule has 0 saturated carbocycles. The fourth-order valence-corrected chi connectivity index (χ4v) is 2.56. The number of carbonyl (C=O) groups excluding carboxylic acids is 3. The molecule has 0 spiro atoms. The molecule has 0 amide bonds. The smallest absolute Gasteiger partial charge is 0.477 e. The molecular formula is C21H29NO9. The first-order valence-electron chi connectivity index (χ1n) is 9.97. The van der Waals surface area contributed by atoms with E-state index in [9.17, 15) is 24.3 Å².